The van der Waals surface area contributed by atoms with E-state index in [2.05, 4.69) is 15.9 Å². The number of hydrogen-bond acceptors (Lipinski definition) is 1. The van der Waals surface area contributed by atoms with Gasteiger partial charge in [0, 0.05) is 22.3 Å². The highest BCUT2D eigenvalue weighted by atomic mass is 79.9. The molecule has 18 heavy (non-hydrogen) atoms. The van der Waals surface area contributed by atoms with Crippen molar-refractivity contribution in [1.29, 1.82) is 0 Å². The monoisotopic (exact) mass is 307 g/mol. The summed E-state index contributed by atoms with van der Waals surface area (Å²) < 4.78 is 2.71. The van der Waals surface area contributed by atoms with Gasteiger partial charge in [-0.1, -0.05) is 28.1 Å². The first-order valence-corrected chi connectivity index (χ1v) is 6.50. The zero-order valence-corrected chi connectivity index (χ0v) is 11.8. The Morgan fingerprint density at radius 3 is 2.61 bits per heavy atom. The molecule has 3 nitrogen and oxygen atoms in total. The van der Waals surface area contributed by atoms with Crippen LogP contribution in [0.3, 0.4) is 0 Å². The summed E-state index contributed by atoms with van der Waals surface area (Å²) in [5.74, 6) is -0.899. The van der Waals surface area contributed by atoms with E-state index in [-0.39, 0.29) is 6.04 Å². The third kappa shape index (κ3) is 2.34. The number of halogens is 1. The molecule has 0 aliphatic carbocycles. The van der Waals surface area contributed by atoms with Crippen LogP contribution < -0.4 is 0 Å². The van der Waals surface area contributed by atoms with Gasteiger partial charge in [-0.05, 0) is 37.6 Å². The van der Waals surface area contributed by atoms with Gasteiger partial charge in [0.25, 0.3) is 0 Å². The van der Waals surface area contributed by atoms with Crippen molar-refractivity contribution in [3.63, 3.8) is 0 Å². The zero-order valence-electron chi connectivity index (χ0n) is 10.2. The fourth-order valence-electron chi connectivity index (χ4n) is 1.99. The van der Waals surface area contributed by atoms with Crippen molar-refractivity contribution in [3.05, 3.63) is 46.7 Å². The molecule has 0 amide bonds. The molecule has 0 aliphatic heterocycles. The van der Waals surface area contributed by atoms with Crippen LogP contribution in [0.15, 0.2) is 41.0 Å². The number of aromatic carboxylic acids is 1. The molecule has 94 valence electrons. The SMILES string of the molecule is CC(C)n1ccc(-c2cccc(Br)c2)c1C(=O)O. The molecule has 0 radical (unpaired) electrons. The van der Waals surface area contributed by atoms with E-state index in [0.29, 0.717) is 5.69 Å². The Kier molecular flexibility index (Phi) is 3.57. The molecule has 0 bridgehead atoms. The molecule has 0 unspecified atom stereocenters. The molecule has 1 aromatic carbocycles. The smallest absolute Gasteiger partial charge is 0.353 e. The average molecular weight is 308 g/mol. The maximum atomic E-state index is 11.4. The molecule has 1 heterocycles. The predicted octanol–water partition coefficient (Wildman–Crippen LogP) is 4.20. The number of carbonyl (C=O) groups is 1. The summed E-state index contributed by atoms with van der Waals surface area (Å²) in [4.78, 5) is 11.4. The van der Waals surface area contributed by atoms with E-state index in [0.717, 1.165) is 15.6 Å². The van der Waals surface area contributed by atoms with E-state index in [4.69, 9.17) is 0 Å². The highest BCUT2D eigenvalue weighted by Gasteiger charge is 2.18. The van der Waals surface area contributed by atoms with E-state index < -0.39 is 5.97 Å². The van der Waals surface area contributed by atoms with E-state index in [1.54, 1.807) is 4.57 Å². The number of rotatable bonds is 3. The van der Waals surface area contributed by atoms with E-state index in [1.165, 1.54) is 0 Å². The first kappa shape index (κ1) is 12.9. The lowest BCUT2D eigenvalue weighted by molar-refractivity contribution is 0.0684. The summed E-state index contributed by atoms with van der Waals surface area (Å²) in [6.45, 7) is 3.94. The lowest BCUT2D eigenvalue weighted by Gasteiger charge is -2.11. The van der Waals surface area contributed by atoms with Crippen molar-refractivity contribution < 1.29 is 9.90 Å². The molecular weight excluding hydrogens is 294 g/mol. The minimum absolute atomic E-state index is 0.122. The summed E-state index contributed by atoms with van der Waals surface area (Å²) in [5.41, 5.74) is 1.99. The highest BCUT2D eigenvalue weighted by Crippen LogP contribution is 2.29. The third-order valence-corrected chi connectivity index (χ3v) is 3.30. The second-order valence-electron chi connectivity index (χ2n) is 4.39. The van der Waals surface area contributed by atoms with Crippen LogP contribution in [0.4, 0.5) is 0 Å². The van der Waals surface area contributed by atoms with Crippen molar-refractivity contribution in [2.24, 2.45) is 0 Å². The first-order chi connectivity index (χ1) is 8.50. The van der Waals surface area contributed by atoms with Crippen LogP contribution in [0, 0.1) is 0 Å². The molecule has 1 aromatic heterocycles. The molecular formula is C14H14BrNO2. The van der Waals surface area contributed by atoms with Gasteiger partial charge in [-0.3, -0.25) is 0 Å². The lowest BCUT2D eigenvalue weighted by Crippen LogP contribution is -2.10. The summed E-state index contributed by atoms with van der Waals surface area (Å²) in [6, 6.07) is 9.63. The van der Waals surface area contributed by atoms with Crippen LogP contribution in [0.2, 0.25) is 0 Å². The Bertz CT molecular complexity index is 587. The number of carboxylic acid groups (broad SMARTS) is 1. The van der Waals surface area contributed by atoms with E-state index >= 15 is 0 Å². The second-order valence-corrected chi connectivity index (χ2v) is 5.31. The molecule has 0 fully saturated rings. The average Bonchev–Trinajstić information content (AvgIpc) is 2.73. The molecule has 0 saturated carbocycles. The quantitative estimate of drug-likeness (QED) is 0.923. The summed E-state index contributed by atoms with van der Waals surface area (Å²) in [5, 5.41) is 9.38. The van der Waals surface area contributed by atoms with Gasteiger partial charge in [-0.15, -0.1) is 0 Å². The number of hydrogen-bond donors (Lipinski definition) is 1. The van der Waals surface area contributed by atoms with Crippen LogP contribution in [0.5, 0.6) is 0 Å². The Balaban J connectivity index is 2.62. The van der Waals surface area contributed by atoms with Crippen LogP contribution in [0.1, 0.15) is 30.4 Å². The minimum atomic E-state index is -0.899. The Labute approximate surface area is 114 Å². The molecule has 2 aromatic rings. The maximum absolute atomic E-state index is 11.4. The summed E-state index contributed by atoms with van der Waals surface area (Å²) in [7, 11) is 0. The van der Waals surface area contributed by atoms with Crippen LogP contribution in [-0.4, -0.2) is 15.6 Å². The van der Waals surface area contributed by atoms with Crippen LogP contribution in [0.25, 0.3) is 11.1 Å². The van der Waals surface area contributed by atoms with Gasteiger partial charge in [0.1, 0.15) is 5.69 Å². The van der Waals surface area contributed by atoms with Gasteiger partial charge < -0.3 is 9.67 Å². The van der Waals surface area contributed by atoms with Crippen LogP contribution in [-0.2, 0) is 0 Å². The van der Waals surface area contributed by atoms with Crippen LogP contribution >= 0.6 is 15.9 Å². The molecule has 2 rings (SSSR count). The number of benzene rings is 1. The molecule has 4 heteroatoms. The van der Waals surface area contributed by atoms with E-state index in [9.17, 15) is 9.90 Å². The van der Waals surface area contributed by atoms with Gasteiger partial charge in [-0.25, -0.2) is 4.79 Å². The summed E-state index contributed by atoms with van der Waals surface area (Å²) >= 11 is 3.40. The van der Waals surface area contributed by atoms with Gasteiger partial charge in [0.2, 0.25) is 0 Å². The molecule has 1 N–H and O–H groups in total. The molecule has 0 spiro atoms. The number of aromatic nitrogens is 1. The fourth-order valence-corrected chi connectivity index (χ4v) is 2.39. The lowest BCUT2D eigenvalue weighted by atomic mass is 10.1. The fraction of sp³-hybridized carbons (Fsp3) is 0.214. The largest absolute Gasteiger partial charge is 0.477 e. The Morgan fingerprint density at radius 1 is 1.33 bits per heavy atom. The molecule has 0 saturated heterocycles. The summed E-state index contributed by atoms with van der Waals surface area (Å²) in [6.07, 6.45) is 1.82. The zero-order chi connectivity index (χ0) is 13.3. The standard InChI is InChI=1S/C14H14BrNO2/c1-9(2)16-7-6-12(13(16)14(17)18)10-4-3-5-11(15)8-10/h3-9H,1-2H3,(H,17,18). The molecule has 0 aliphatic rings. The van der Waals surface area contributed by atoms with Gasteiger partial charge in [0.15, 0.2) is 0 Å². The van der Waals surface area contributed by atoms with Gasteiger partial charge in [-0.2, -0.15) is 0 Å². The van der Waals surface area contributed by atoms with Crippen molar-refractivity contribution in [3.8, 4) is 11.1 Å². The number of carboxylic acids is 1. The van der Waals surface area contributed by atoms with Crippen molar-refractivity contribution in [2.75, 3.05) is 0 Å². The van der Waals surface area contributed by atoms with Crippen molar-refractivity contribution >= 4 is 21.9 Å². The van der Waals surface area contributed by atoms with Gasteiger partial charge >= 0.3 is 5.97 Å². The topological polar surface area (TPSA) is 42.2 Å². The van der Waals surface area contributed by atoms with Crippen molar-refractivity contribution in [2.45, 2.75) is 19.9 Å². The minimum Gasteiger partial charge on any atom is -0.477 e. The Hall–Kier alpha value is -1.55. The third-order valence-electron chi connectivity index (χ3n) is 2.81. The van der Waals surface area contributed by atoms with Crippen molar-refractivity contribution in [1.82, 2.24) is 4.57 Å². The highest BCUT2D eigenvalue weighted by molar-refractivity contribution is 9.10. The van der Waals surface area contributed by atoms with Gasteiger partial charge in [0.05, 0.1) is 0 Å². The first-order valence-electron chi connectivity index (χ1n) is 5.70. The normalized spacial score (nSPS) is 10.9. The maximum Gasteiger partial charge on any atom is 0.353 e. The Morgan fingerprint density at radius 2 is 2.06 bits per heavy atom. The second kappa shape index (κ2) is 4.98. The van der Waals surface area contributed by atoms with E-state index in [1.807, 2.05) is 50.4 Å². The molecule has 0 atom stereocenters. The predicted molar refractivity (Wildman–Crippen MR) is 74.9 cm³/mol. The number of nitrogens with zero attached hydrogens (tertiary/aromatic N) is 1.